The Morgan fingerprint density at radius 3 is 2.89 bits per heavy atom. The van der Waals surface area contributed by atoms with Gasteiger partial charge in [-0.05, 0) is 85.2 Å². The standard InChI is InChI=1S/C30H33F2N3O3/c1-37-11-3-4-19-12-20-5-2-9-34-28(20)21(13-19)17-35(23-6-7-23)29(36)25-16-33-10-8-30(25)24-15-27(32)26(31)14-22(24)18-38-30/h2,5,9,12-15,23,25,33H,3-4,6-8,10-11,16-18H2,1H3/t25-,30?/m1/s1. The normalized spacial score (nSPS) is 22.7. The third kappa shape index (κ3) is 4.59. The van der Waals surface area contributed by atoms with Gasteiger partial charge in [0.05, 0.1) is 18.0 Å². The van der Waals surface area contributed by atoms with Gasteiger partial charge in [0.15, 0.2) is 11.6 Å². The number of amides is 1. The lowest BCUT2D eigenvalue weighted by molar-refractivity contribution is -0.157. The van der Waals surface area contributed by atoms with Crippen molar-refractivity contribution in [2.24, 2.45) is 5.92 Å². The Labute approximate surface area is 221 Å². The monoisotopic (exact) mass is 521 g/mol. The predicted molar refractivity (Wildman–Crippen MR) is 139 cm³/mol. The summed E-state index contributed by atoms with van der Waals surface area (Å²) in [6, 6.07) is 10.9. The van der Waals surface area contributed by atoms with Crippen molar-refractivity contribution < 1.29 is 23.0 Å². The van der Waals surface area contributed by atoms with Crippen LogP contribution >= 0.6 is 0 Å². The molecular weight excluding hydrogens is 488 g/mol. The molecule has 1 aliphatic carbocycles. The molecule has 1 unspecified atom stereocenters. The maximum absolute atomic E-state index is 14.4. The molecule has 8 heteroatoms. The van der Waals surface area contributed by atoms with Crippen LogP contribution in [0.4, 0.5) is 8.78 Å². The van der Waals surface area contributed by atoms with E-state index in [1.807, 2.05) is 11.0 Å². The highest BCUT2D eigenvalue weighted by atomic mass is 19.2. The number of nitrogens with zero attached hydrogens (tertiary/aromatic N) is 2. The smallest absolute Gasteiger partial charge is 0.230 e. The predicted octanol–water partition coefficient (Wildman–Crippen LogP) is 4.62. The second-order valence-electron chi connectivity index (χ2n) is 10.7. The van der Waals surface area contributed by atoms with Gasteiger partial charge < -0.3 is 19.7 Å². The van der Waals surface area contributed by atoms with Crippen molar-refractivity contribution in [3.8, 4) is 0 Å². The molecule has 1 saturated heterocycles. The third-order valence-corrected chi connectivity index (χ3v) is 8.24. The van der Waals surface area contributed by atoms with Gasteiger partial charge in [0.1, 0.15) is 5.60 Å². The molecule has 6 nitrogen and oxygen atoms in total. The van der Waals surface area contributed by atoms with Crippen molar-refractivity contribution in [2.45, 2.75) is 56.9 Å². The minimum atomic E-state index is -0.957. The van der Waals surface area contributed by atoms with E-state index in [4.69, 9.17) is 9.47 Å². The summed E-state index contributed by atoms with van der Waals surface area (Å²) < 4.78 is 39.9. The highest BCUT2D eigenvalue weighted by molar-refractivity contribution is 5.85. The Hall–Kier alpha value is -2.94. The molecule has 0 bridgehead atoms. The largest absolute Gasteiger partial charge is 0.385 e. The summed E-state index contributed by atoms with van der Waals surface area (Å²) in [4.78, 5) is 21.0. The number of rotatable bonds is 8. The maximum atomic E-state index is 14.4. The van der Waals surface area contributed by atoms with Crippen LogP contribution in [0, 0.1) is 17.6 Å². The number of nitrogens with one attached hydrogen (secondary N) is 1. The molecule has 3 aromatic rings. The van der Waals surface area contributed by atoms with Crippen LogP contribution < -0.4 is 5.32 Å². The second kappa shape index (κ2) is 10.3. The number of hydrogen-bond donors (Lipinski definition) is 1. The molecule has 3 aliphatic rings. The molecule has 200 valence electrons. The summed E-state index contributed by atoms with van der Waals surface area (Å²) in [5.74, 6) is -2.33. The fourth-order valence-corrected chi connectivity index (χ4v) is 6.21. The molecule has 2 aliphatic heterocycles. The van der Waals surface area contributed by atoms with Crippen LogP contribution in [0.25, 0.3) is 10.9 Å². The Balaban J connectivity index is 1.34. The van der Waals surface area contributed by atoms with Crippen LogP contribution in [0.5, 0.6) is 0 Å². The molecule has 1 amide bonds. The van der Waals surface area contributed by atoms with Gasteiger partial charge in [0.2, 0.25) is 5.91 Å². The van der Waals surface area contributed by atoms with Crippen LogP contribution in [0.1, 0.15) is 47.9 Å². The molecule has 38 heavy (non-hydrogen) atoms. The lowest BCUT2D eigenvalue weighted by Crippen LogP contribution is -2.55. The number of aryl methyl sites for hydroxylation is 1. The molecule has 1 N–H and O–H groups in total. The fourth-order valence-electron chi connectivity index (χ4n) is 6.21. The summed E-state index contributed by atoms with van der Waals surface area (Å²) in [5.41, 5.74) is 3.40. The number of halogens is 2. The van der Waals surface area contributed by atoms with Gasteiger partial charge >= 0.3 is 0 Å². The quantitative estimate of drug-likeness (QED) is 0.439. The van der Waals surface area contributed by atoms with Gasteiger partial charge in [-0.3, -0.25) is 9.78 Å². The lowest BCUT2D eigenvalue weighted by atomic mass is 9.75. The SMILES string of the molecule is COCCCc1cc(CN(C(=O)[C@H]2CNCCC23OCc2cc(F)c(F)cc23)C2CC2)c2ncccc2c1. The van der Waals surface area contributed by atoms with Gasteiger partial charge in [0, 0.05) is 44.4 Å². The van der Waals surface area contributed by atoms with E-state index < -0.39 is 23.2 Å². The molecule has 2 aromatic carbocycles. The van der Waals surface area contributed by atoms with Crippen LogP contribution in [0.3, 0.4) is 0 Å². The van der Waals surface area contributed by atoms with Gasteiger partial charge in [-0.1, -0.05) is 12.1 Å². The number of fused-ring (bicyclic) bond motifs is 3. The van der Waals surface area contributed by atoms with Crippen LogP contribution in [0.2, 0.25) is 0 Å². The topological polar surface area (TPSA) is 63.7 Å². The highest BCUT2D eigenvalue weighted by Gasteiger charge is 2.53. The van der Waals surface area contributed by atoms with E-state index in [9.17, 15) is 13.6 Å². The van der Waals surface area contributed by atoms with E-state index >= 15 is 0 Å². The summed E-state index contributed by atoms with van der Waals surface area (Å²) in [6.07, 6.45) is 6.02. The zero-order valence-electron chi connectivity index (χ0n) is 21.6. The minimum absolute atomic E-state index is 0.00819. The molecule has 1 aromatic heterocycles. The molecule has 2 atom stereocenters. The number of aromatic nitrogens is 1. The van der Waals surface area contributed by atoms with E-state index in [2.05, 4.69) is 28.5 Å². The van der Waals surface area contributed by atoms with E-state index in [0.29, 0.717) is 43.8 Å². The van der Waals surface area contributed by atoms with E-state index in [-0.39, 0.29) is 18.6 Å². The van der Waals surface area contributed by atoms with Gasteiger partial charge in [-0.2, -0.15) is 0 Å². The molecule has 1 saturated carbocycles. The Kier molecular flexibility index (Phi) is 6.88. The van der Waals surface area contributed by atoms with Crippen LogP contribution in [0.15, 0.2) is 42.6 Å². The van der Waals surface area contributed by atoms with Crippen molar-refractivity contribution >= 4 is 16.8 Å². The second-order valence-corrected chi connectivity index (χ2v) is 10.7. The van der Waals surface area contributed by atoms with Crippen molar-refractivity contribution in [1.82, 2.24) is 15.2 Å². The molecule has 1 spiro atoms. The molecule has 0 radical (unpaired) electrons. The molecule has 2 fully saturated rings. The Morgan fingerprint density at radius 1 is 1.24 bits per heavy atom. The minimum Gasteiger partial charge on any atom is -0.385 e. The summed E-state index contributed by atoms with van der Waals surface area (Å²) >= 11 is 0. The van der Waals surface area contributed by atoms with Gasteiger partial charge in [0.25, 0.3) is 0 Å². The van der Waals surface area contributed by atoms with Crippen LogP contribution in [-0.4, -0.2) is 48.6 Å². The average molecular weight is 522 g/mol. The maximum Gasteiger partial charge on any atom is 0.230 e. The first kappa shape index (κ1) is 25.3. The number of carbonyl (C=O) groups excluding carboxylic acids is 1. The zero-order valence-corrected chi connectivity index (χ0v) is 21.6. The van der Waals surface area contributed by atoms with E-state index in [0.717, 1.165) is 42.1 Å². The zero-order chi connectivity index (χ0) is 26.3. The number of hydrogen-bond acceptors (Lipinski definition) is 5. The van der Waals surface area contributed by atoms with Gasteiger partial charge in [-0.15, -0.1) is 0 Å². The van der Waals surface area contributed by atoms with Crippen molar-refractivity contribution in [2.75, 3.05) is 26.8 Å². The van der Waals surface area contributed by atoms with E-state index in [1.165, 1.54) is 17.7 Å². The molecular formula is C30H33F2N3O3. The first-order valence-electron chi connectivity index (χ1n) is 13.5. The van der Waals surface area contributed by atoms with Gasteiger partial charge in [-0.25, -0.2) is 8.78 Å². The van der Waals surface area contributed by atoms with Crippen molar-refractivity contribution in [3.05, 3.63) is 76.5 Å². The Bertz CT molecular complexity index is 1360. The first-order valence-corrected chi connectivity index (χ1v) is 13.5. The third-order valence-electron chi connectivity index (χ3n) is 8.24. The van der Waals surface area contributed by atoms with Crippen molar-refractivity contribution in [3.63, 3.8) is 0 Å². The van der Waals surface area contributed by atoms with Crippen molar-refractivity contribution in [1.29, 1.82) is 0 Å². The first-order chi connectivity index (χ1) is 18.5. The summed E-state index contributed by atoms with van der Waals surface area (Å²) in [5, 5.41) is 4.41. The summed E-state index contributed by atoms with van der Waals surface area (Å²) in [7, 11) is 1.71. The Morgan fingerprint density at radius 2 is 2.08 bits per heavy atom. The molecule has 6 rings (SSSR count). The highest BCUT2D eigenvalue weighted by Crippen LogP contribution is 2.48. The lowest BCUT2D eigenvalue weighted by Gasteiger charge is -2.43. The number of piperidine rings is 1. The van der Waals surface area contributed by atoms with E-state index in [1.54, 1.807) is 13.3 Å². The summed E-state index contributed by atoms with van der Waals surface area (Å²) in [6.45, 7) is 2.39. The average Bonchev–Trinajstić information content (AvgIpc) is 3.72. The number of methoxy groups -OCH3 is 1. The number of pyridine rings is 1. The fraction of sp³-hybridized carbons (Fsp3) is 0.467. The number of benzene rings is 2. The number of ether oxygens (including phenoxy) is 2. The van der Waals surface area contributed by atoms with Crippen LogP contribution in [-0.2, 0) is 39.4 Å². The molecule has 3 heterocycles. The number of carbonyl (C=O) groups is 1.